The zero-order chi connectivity index (χ0) is 9.68. The van der Waals surface area contributed by atoms with Gasteiger partial charge in [-0.2, -0.15) is 0 Å². The molecule has 1 rings (SSSR count). The van der Waals surface area contributed by atoms with Crippen LogP contribution in [-0.2, 0) is 11.3 Å². The van der Waals surface area contributed by atoms with Crippen molar-refractivity contribution in [2.24, 2.45) is 0 Å². The lowest BCUT2D eigenvalue weighted by Crippen LogP contribution is -1.97. The first kappa shape index (κ1) is 9.74. The second kappa shape index (κ2) is 4.62. The minimum absolute atomic E-state index is 0.306. The molecule has 0 saturated heterocycles. The summed E-state index contributed by atoms with van der Waals surface area (Å²) in [5.41, 5.74) is 1.30. The van der Waals surface area contributed by atoms with Gasteiger partial charge in [-0.25, -0.2) is 4.79 Å². The Morgan fingerprint density at radius 3 is 2.46 bits per heavy atom. The highest BCUT2D eigenvalue weighted by atomic mass is 16.5. The number of ether oxygens (including phenoxy) is 1. The van der Waals surface area contributed by atoms with E-state index < -0.39 is 5.97 Å². The average Bonchev–Trinajstić information content (AvgIpc) is 2.15. The lowest BCUT2D eigenvalue weighted by atomic mass is 10.1. The van der Waals surface area contributed by atoms with Crippen LogP contribution < -0.4 is 0 Å². The summed E-state index contributed by atoms with van der Waals surface area (Å²) in [5.74, 6) is -0.900. The Labute approximate surface area is 77.0 Å². The Morgan fingerprint density at radius 1 is 1.38 bits per heavy atom. The molecule has 1 N–H and O–H groups in total. The summed E-state index contributed by atoms with van der Waals surface area (Å²) in [4.78, 5) is 10.5. The number of carboxylic acids is 1. The molecule has 0 unspecified atom stereocenters. The summed E-state index contributed by atoms with van der Waals surface area (Å²) in [7, 11) is 0. The first-order valence-corrected chi connectivity index (χ1v) is 4.14. The van der Waals surface area contributed by atoms with Crippen molar-refractivity contribution in [3.63, 3.8) is 0 Å². The van der Waals surface area contributed by atoms with Gasteiger partial charge in [0.25, 0.3) is 0 Å². The normalized spacial score (nSPS) is 9.92. The average molecular weight is 180 g/mol. The van der Waals surface area contributed by atoms with Crippen LogP contribution in [0.15, 0.2) is 24.3 Å². The number of hydrogen-bond acceptors (Lipinski definition) is 2. The van der Waals surface area contributed by atoms with Crippen LogP contribution in [0.3, 0.4) is 0 Å². The third-order valence-electron chi connectivity index (χ3n) is 1.67. The van der Waals surface area contributed by atoms with Gasteiger partial charge in [-0.05, 0) is 24.6 Å². The zero-order valence-electron chi connectivity index (χ0n) is 7.49. The van der Waals surface area contributed by atoms with E-state index in [0.717, 1.165) is 5.56 Å². The third-order valence-corrected chi connectivity index (χ3v) is 1.67. The molecule has 0 aliphatic heterocycles. The van der Waals surface area contributed by atoms with E-state index in [1.165, 1.54) is 0 Å². The molecule has 3 heteroatoms. The van der Waals surface area contributed by atoms with E-state index in [1.807, 2.05) is 6.92 Å². The van der Waals surface area contributed by atoms with Gasteiger partial charge in [-0.1, -0.05) is 12.1 Å². The van der Waals surface area contributed by atoms with Crippen LogP contribution in [0.25, 0.3) is 0 Å². The zero-order valence-corrected chi connectivity index (χ0v) is 7.49. The van der Waals surface area contributed by atoms with Gasteiger partial charge >= 0.3 is 5.97 Å². The Hall–Kier alpha value is -1.35. The number of benzene rings is 1. The van der Waals surface area contributed by atoms with E-state index in [4.69, 9.17) is 9.84 Å². The van der Waals surface area contributed by atoms with Gasteiger partial charge in [0, 0.05) is 6.61 Å². The molecule has 13 heavy (non-hydrogen) atoms. The first-order chi connectivity index (χ1) is 6.24. The molecular weight excluding hydrogens is 168 g/mol. The largest absolute Gasteiger partial charge is 0.478 e. The van der Waals surface area contributed by atoms with E-state index in [9.17, 15) is 4.79 Å². The molecular formula is C10H12O3. The highest BCUT2D eigenvalue weighted by Gasteiger charge is 2.00. The Kier molecular flexibility index (Phi) is 3.46. The van der Waals surface area contributed by atoms with Crippen LogP contribution in [-0.4, -0.2) is 17.7 Å². The van der Waals surface area contributed by atoms with E-state index in [0.29, 0.717) is 18.8 Å². The molecule has 0 spiro atoms. The number of carbonyl (C=O) groups is 1. The molecule has 1 aromatic carbocycles. The lowest BCUT2D eigenvalue weighted by molar-refractivity contribution is 0.0696. The molecule has 1 aromatic rings. The van der Waals surface area contributed by atoms with Crippen molar-refractivity contribution in [2.45, 2.75) is 13.5 Å². The van der Waals surface area contributed by atoms with Gasteiger partial charge in [0.1, 0.15) is 0 Å². The van der Waals surface area contributed by atoms with Crippen LogP contribution in [0.2, 0.25) is 0 Å². The monoisotopic (exact) mass is 180 g/mol. The smallest absolute Gasteiger partial charge is 0.335 e. The maximum atomic E-state index is 10.5. The standard InChI is InChI=1S/C10H12O3/c1-2-13-7-8-3-5-9(6-4-8)10(11)12/h3-6H,2,7H2,1H3,(H,11,12). The van der Waals surface area contributed by atoms with Gasteiger partial charge in [0.15, 0.2) is 0 Å². The van der Waals surface area contributed by atoms with Gasteiger partial charge in [-0.15, -0.1) is 0 Å². The lowest BCUT2D eigenvalue weighted by Gasteiger charge is -2.01. The molecule has 3 nitrogen and oxygen atoms in total. The van der Waals surface area contributed by atoms with Crippen molar-refractivity contribution in [3.05, 3.63) is 35.4 Å². The minimum Gasteiger partial charge on any atom is -0.478 e. The van der Waals surface area contributed by atoms with Crippen LogP contribution >= 0.6 is 0 Å². The molecule has 0 heterocycles. The Morgan fingerprint density at radius 2 is 2.00 bits per heavy atom. The maximum absolute atomic E-state index is 10.5. The first-order valence-electron chi connectivity index (χ1n) is 4.14. The van der Waals surface area contributed by atoms with Crippen molar-refractivity contribution >= 4 is 5.97 Å². The summed E-state index contributed by atoms with van der Waals surface area (Å²) in [5, 5.41) is 8.62. The van der Waals surface area contributed by atoms with Crippen molar-refractivity contribution < 1.29 is 14.6 Å². The second-order valence-electron chi connectivity index (χ2n) is 2.64. The van der Waals surface area contributed by atoms with Crippen molar-refractivity contribution in [2.75, 3.05) is 6.61 Å². The summed E-state index contributed by atoms with van der Waals surface area (Å²) in [6.07, 6.45) is 0. The molecule has 0 atom stereocenters. The van der Waals surface area contributed by atoms with E-state index in [2.05, 4.69) is 0 Å². The van der Waals surface area contributed by atoms with E-state index >= 15 is 0 Å². The van der Waals surface area contributed by atoms with Crippen LogP contribution in [0.4, 0.5) is 0 Å². The molecule has 0 aromatic heterocycles. The number of aromatic carboxylic acids is 1. The Bertz CT molecular complexity index is 277. The van der Waals surface area contributed by atoms with Gasteiger partial charge in [-0.3, -0.25) is 0 Å². The fraction of sp³-hybridized carbons (Fsp3) is 0.300. The van der Waals surface area contributed by atoms with Crippen LogP contribution in [0, 0.1) is 0 Å². The molecule has 0 fully saturated rings. The SMILES string of the molecule is CCOCc1ccc(C(=O)O)cc1. The molecule has 70 valence electrons. The highest BCUT2D eigenvalue weighted by molar-refractivity contribution is 5.87. The number of carboxylic acid groups (broad SMARTS) is 1. The predicted molar refractivity (Wildman–Crippen MR) is 48.7 cm³/mol. The molecule has 0 amide bonds. The number of rotatable bonds is 4. The topological polar surface area (TPSA) is 46.5 Å². The van der Waals surface area contributed by atoms with E-state index in [-0.39, 0.29) is 0 Å². The van der Waals surface area contributed by atoms with Crippen LogP contribution in [0.1, 0.15) is 22.8 Å². The third kappa shape index (κ3) is 2.87. The molecule has 0 radical (unpaired) electrons. The van der Waals surface area contributed by atoms with Gasteiger partial charge < -0.3 is 9.84 Å². The second-order valence-corrected chi connectivity index (χ2v) is 2.64. The quantitative estimate of drug-likeness (QED) is 0.770. The summed E-state index contributed by atoms with van der Waals surface area (Å²) in [6, 6.07) is 6.69. The molecule has 0 saturated carbocycles. The molecule has 0 aliphatic rings. The fourth-order valence-corrected chi connectivity index (χ4v) is 0.963. The maximum Gasteiger partial charge on any atom is 0.335 e. The van der Waals surface area contributed by atoms with E-state index in [1.54, 1.807) is 24.3 Å². The van der Waals surface area contributed by atoms with Crippen molar-refractivity contribution in [1.82, 2.24) is 0 Å². The molecule has 0 bridgehead atoms. The van der Waals surface area contributed by atoms with Crippen LogP contribution in [0.5, 0.6) is 0 Å². The Balaban J connectivity index is 2.64. The predicted octanol–water partition coefficient (Wildman–Crippen LogP) is 1.92. The van der Waals surface area contributed by atoms with Crippen molar-refractivity contribution in [3.8, 4) is 0 Å². The summed E-state index contributed by atoms with van der Waals surface area (Å²) < 4.78 is 5.17. The number of hydrogen-bond donors (Lipinski definition) is 1. The van der Waals surface area contributed by atoms with Gasteiger partial charge in [0.05, 0.1) is 12.2 Å². The summed E-state index contributed by atoms with van der Waals surface area (Å²) >= 11 is 0. The highest BCUT2D eigenvalue weighted by Crippen LogP contribution is 2.05. The van der Waals surface area contributed by atoms with Gasteiger partial charge in [0.2, 0.25) is 0 Å². The van der Waals surface area contributed by atoms with Crippen molar-refractivity contribution in [1.29, 1.82) is 0 Å². The summed E-state index contributed by atoms with van der Waals surface area (Å²) in [6.45, 7) is 3.13. The fourth-order valence-electron chi connectivity index (χ4n) is 0.963. The minimum atomic E-state index is -0.900. The molecule has 0 aliphatic carbocycles.